The Morgan fingerprint density at radius 1 is 1.50 bits per heavy atom. The number of nitrogens with zero attached hydrogens (tertiary/aromatic N) is 2. The Labute approximate surface area is 66.6 Å². The average molecular weight is 177 g/mol. The maximum absolute atomic E-state index is 12.2. The van der Waals surface area contributed by atoms with Crippen LogP contribution in [0.2, 0.25) is 0 Å². The maximum Gasteiger partial charge on any atom is 0.310 e. The summed E-state index contributed by atoms with van der Waals surface area (Å²) in [5.74, 6) is 0.0581. The van der Waals surface area contributed by atoms with E-state index in [-0.39, 0.29) is 5.82 Å². The molecule has 0 atom stereocenters. The molecule has 0 saturated carbocycles. The van der Waals surface area contributed by atoms with E-state index in [1.165, 1.54) is 6.07 Å². The van der Waals surface area contributed by atoms with E-state index in [0.717, 1.165) is 6.20 Å². The van der Waals surface area contributed by atoms with Crippen molar-refractivity contribution in [2.24, 2.45) is 0 Å². The molecule has 1 rings (SSSR count). The fourth-order valence-electron chi connectivity index (χ4n) is 0.615. The minimum absolute atomic E-state index is 0.0581. The summed E-state index contributed by atoms with van der Waals surface area (Å²) in [5.41, 5.74) is 0. The number of hydrogen-bond donors (Lipinski definition) is 1. The number of alkyl halides is 2. The van der Waals surface area contributed by atoms with Crippen LogP contribution in [-0.4, -0.2) is 22.9 Å². The van der Waals surface area contributed by atoms with Gasteiger partial charge in [0.2, 0.25) is 0 Å². The normalized spacial score (nSPS) is 10.3. The van der Waals surface area contributed by atoms with E-state index in [9.17, 15) is 13.2 Å². The largest absolute Gasteiger partial charge is 0.364 e. The predicted octanol–water partition coefficient (Wildman–Crippen LogP) is 1.29. The molecule has 0 aliphatic rings. The van der Waals surface area contributed by atoms with Gasteiger partial charge < -0.3 is 5.32 Å². The minimum atomic E-state index is -2.48. The van der Waals surface area contributed by atoms with Crippen molar-refractivity contribution in [3.8, 4) is 0 Å². The van der Waals surface area contributed by atoms with E-state index in [1.54, 1.807) is 0 Å². The Balaban J connectivity index is 2.52. The van der Waals surface area contributed by atoms with Crippen molar-refractivity contribution < 1.29 is 13.2 Å². The summed E-state index contributed by atoms with van der Waals surface area (Å²) < 4.78 is 35.5. The van der Waals surface area contributed by atoms with E-state index in [1.807, 2.05) is 0 Å². The third kappa shape index (κ3) is 2.73. The van der Waals surface area contributed by atoms with Crippen molar-refractivity contribution in [1.82, 2.24) is 9.97 Å². The zero-order chi connectivity index (χ0) is 8.97. The highest BCUT2D eigenvalue weighted by molar-refractivity contribution is 5.31. The second-order valence-corrected chi connectivity index (χ2v) is 1.98. The average Bonchev–Trinajstić information content (AvgIpc) is 2.01. The molecule has 0 saturated heterocycles. The molecule has 12 heavy (non-hydrogen) atoms. The highest BCUT2D eigenvalue weighted by Gasteiger charge is 2.02. The molecule has 1 heterocycles. The third-order valence-electron chi connectivity index (χ3n) is 1.06. The molecule has 0 aliphatic carbocycles. The molecule has 1 N–H and O–H groups in total. The van der Waals surface area contributed by atoms with E-state index >= 15 is 0 Å². The SMILES string of the molecule is Fc1nccc(NCC(F)F)n1. The van der Waals surface area contributed by atoms with Crippen LogP contribution in [0.3, 0.4) is 0 Å². The summed E-state index contributed by atoms with van der Waals surface area (Å²) in [6, 6.07) is 1.31. The molecule has 0 aliphatic heterocycles. The van der Waals surface area contributed by atoms with E-state index in [2.05, 4.69) is 15.3 Å². The predicted molar refractivity (Wildman–Crippen MR) is 36.5 cm³/mol. The molecule has 0 bridgehead atoms. The Morgan fingerprint density at radius 3 is 2.83 bits per heavy atom. The molecule has 3 nitrogen and oxygen atoms in total. The fraction of sp³-hybridized carbons (Fsp3) is 0.333. The zero-order valence-electron chi connectivity index (χ0n) is 5.97. The summed E-state index contributed by atoms with van der Waals surface area (Å²) >= 11 is 0. The topological polar surface area (TPSA) is 37.8 Å². The van der Waals surface area contributed by atoms with Gasteiger partial charge in [-0.05, 0) is 6.07 Å². The van der Waals surface area contributed by atoms with Crippen LogP contribution >= 0.6 is 0 Å². The summed E-state index contributed by atoms with van der Waals surface area (Å²) in [6.07, 6.45) is -2.27. The van der Waals surface area contributed by atoms with Crippen molar-refractivity contribution in [3.05, 3.63) is 18.3 Å². The van der Waals surface area contributed by atoms with E-state index < -0.39 is 19.0 Å². The Morgan fingerprint density at radius 2 is 2.25 bits per heavy atom. The van der Waals surface area contributed by atoms with Gasteiger partial charge in [-0.15, -0.1) is 0 Å². The molecule has 0 radical (unpaired) electrons. The fourth-order valence-corrected chi connectivity index (χ4v) is 0.615. The lowest BCUT2D eigenvalue weighted by Gasteiger charge is -2.02. The molecule has 1 aromatic heterocycles. The van der Waals surface area contributed by atoms with Crippen LogP contribution in [0.1, 0.15) is 0 Å². The van der Waals surface area contributed by atoms with Crippen molar-refractivity contribution >= 4 is 5.82 Å². The van der Waals surface area contributed by atoms with Crippen LogP contribution < -0.4 is 5.32 Å². The second-order valence-electron chi connectivity index (χ2n) is 1.98. The number of rotatable bonds is 3. The van der Waals surface area contributed by atoms with E-state index in [4.69, 9.17) is 0 Å². The number of hydrogen-bond acceptors (Lipinski definition) is 3. The third-order valence-corrected chi connectivity index (χ3v) is 1.06. The van der Waals surface area contributed by atoms with Crippen LogP contribution in [0, 0.1) is 6.08 Å². The lowest BCUT2D eigenvalue weighted by molar-refractivity contribution is 0.163. The number of aromatic nitrogens is 2. The minimum Gasteiger partial charge on any atom is -0.364 e. The van der Waals surface area contributed by atoms with Gasteiger partial charge in [-0.3, -0.25) is 0 Å². The van der Waals surface area contributed by atoms with E-state index in [0.29, 0.717) is 0 Å². The molecule has 0 aromatic carbocycles. The quantitative estimate of drug-likeness (QED) is 0.707. The van der Waals surface area contributed by atoms with Gasteiger partial charge in [0.1, 0.15) is 5.82 Å². The monoisotopic (exact) mass is 177 g/mol. The first kappa shape index (κ1) is 8.76. The Hall–Kier alpha value is -1.33. The smallest absolute Gasteiger partial charge is 0.310 e. The van der Waals surface area contributed by atoms with Crippen molar-refractivity contribution in [1.29, 1.82) is 0 Å². The van der Waals surface area contributed by atoms with Gasteiger partial charge in [-0.25, -0.2) is 13.8 Å². The standard InChI is InChI=1S/C6H6F3N3/c7-4(8)3-11-5-1-2-10-6(9)12-5/h1-2,4H,3H2,(H,10,11,12). The summed E-state index contributed by atoms with van der Waals surface area (Å²) in [5, 5.41) is 2.24. The van der Waals surface area contributed by atoms with Gasteiger partial charge in [0.25, 0.3) is 6.43 Å². The van der Waals surface area contributed by atoms with Gasteiger partial charge in [0.15, 0.2) is 0 Å². The molecular weight excluding hydrogens is 171 g/mol. The van der Waals surface area contributed by atoms with Gasteiger partial charge in [-0.1, -0.05) is 0 Å². The summed E-state index contributed by atoms with van der Waals surface area (Å²) in [6.45, 7) is -0.545. The van der Waals surface area contributed by atoms with Crippen LogP contribution in [0.4, 0.5) is 19.0 Å². The van der Waals surface area contributed by atoms with Gasteiger partial charge in [0, 0.05) is 6.20 Å². The summed E-state index contributed by atoms with van der Waals surface area (Å²) in [4.78, 5) is 6.38. The van der Waals surface area contributed by atoms with Crippen LogP contribution in [-0.2, 0) is 0 Å². The maximum atomic E-state index is 12.2. The Bertz CT molecular complexity index is 254. The molecule has 6 heteroatoms. The molecule has 0 amide bonds. The second kappa shape index (κ2) is 3.89. The highest BCUT2D eigenvalue weighted by atomic mass is 19.3. The first-order valence-electron chi connectivity index (χ1n) is 3.19. The molecule has 66 valence electrons. The van der Waals surface area contributed by atoms with Gasteiger partial charge in [0.05, 0.1) is 6.54 Å². The number of halogens is 3. The molecule has 1 aromatic rings. The zero-order valence-corrected chi connectivity index (χ0v) is 5.97. The van der Waals surface area contributed by atoms with Gasteiger partial charge >= 0.3 is 6.08 Å². The van der Waals surface area contributed by atoms with Gasteiger partial charge in [-0.2, -0.15) is 9.37 Å². The number of anilines is 1. The Kier molecular flexibility index (Phi) is 2.84. The number of nitrogens with one attached hydrogen (secondary N) is 1. The van der Waals surface area contributed by atoms with Crippen LogP contribution in [0.5, 0.6) is 0 Å². The lowest BCUT2D eigenvalue weighted by Crippen LogP contribution is -2.11. The lowest BCUT2D eigenvalue weighted by atomic mass is 10.5. The first-order valence-corrected chi connectivity index (χ1v) is 3.19. The van der Waals surface area contributed by atoms with Crippen molar-refractivity contribution in [3.63, 3.8) is 0 Å². The molecule has 0 unspecified atom stereocenters. The molecule has 0 fully saturated rings. The summed E-state index contributed by atoms with van der Waals surface area (Å²) in [7, 11) is 0. The molecular formula is C6H6F3N3. The van der Waals surface area contributed by atoms with Crippen LogP contribution in [0.25, 0.3) is 0 Å². The highest BCUT2D eigenvalue weighted by Crippen LogP contribution is 2.01. The van der Waals surface area contributed by atoms with Crippen molar-refractivity contribution in [2.75, 3.05) is 11.9 Å². The molecule has 0 spiro atoms. The van der Waals surface area contributed by atoms with Crippen molar-refractivity contribution in [2.45, 2.75) is 6.43 Å². The first-order chi connectivity index (χ1) is 5.68. The van der Waals surface area contributed by atoms with Crippen LogP contribution in [0.15, 0.2) is 12.3 Å².